The summed E-state index contributed by atoms with van der Waals surface area (Å²) in [5.74, 6) is 0. The van der Waals surface area contributed by atoms with Crippen LogP contribution >= 0.6 is 15.9 Å². The van der Waals surface area contributed by atoms with Crippen molar-refractivity contribution in [3.63, 3.8) is 0 Å². The number of rotatable bonds is 1. The molecule has 82 valence electrons. The molecule has 1 aromatic carbocycles. The van der Waals surface area contributed by atoms with Crippen molar-refractivity contribution >= 4 is 31.6 Å². The highest BCUT2D eigenvalue weighted by atomic mass is 79.9. The van der Waals surface area contributed by atoms with E-state index in [4.69, 9.17) is 0 Å². The van der Waals surface area contributed by atoms with Crippen LogP contribution < -0.4 is 4.31 Å². The number of hydrogen-bond donors (Lipinski definition) is 0. The van der Waals surface area contributed by atoms with Crippen LogP contribution in [0.25, 0.3) is 0 Å². The molecule has 3 nitrogen and oxygen atoms in total. The second-order valence-corrected chi connectivity index (χ2v) is 6.53. The molecule has 1 heterocycles. The monoisotopic (exact) mass is 289 g/mol. The lowest BCUT2D eigenvalue weighted by Crippen LogP contribution is -2.34. The van der Waals surface area contributed by atoms with Crippen LogP contribution in [0.1, 0.15) is 12.0 Å². The van der Waals surface area contributed by atoms with Gasteiger partial charge in [0.05, 0.1) is 11.9 Å². The zero-order chi connectivity index (χ0) is 11.1. The van der Waals surface area contributed by atoms with Crippen LogP contribution in [0.2, 0.25) is 0 Å². The van der Waals surface area contributed by atoms with Crippen LogP contribution in [-0.2, 0) is 16.4 Å². The lowest BCUT2D eigenvalue weighted by Gasteiger charge is -2.29. The summed E-state index contributed by atoms with van der Waals surface area (Å²) in [7, 11) is -3.14. The van der Waals surface area contributed by atoms with Gasteiger partial charge in [0.2, 0.25) is 10.0 Å². The van der Waals surface area contributed by atoms with Crippen LogP contribution in [-0.4, -0.2) is 21.2 Å². The molecule has 0 N–H and O–H groups in total. The molecule has 0 fully saturated rings. The zero-order valence-corrected chi connectivity index (χ0v) is 10.8. The van der Waals surface area contributed by atoms with Crippen molar-refractivity contribution in [2.24, 2.45) is 0 Å². The van der Waals surface area contributed by atoms with E-state index in [1.54, 1.807) is 0 Å². The van der Waals surface area contributed by atoms with Gasteiger partial charge in [-0.05, 0) is 30.5 Å². The summed E-state index contributed by atoms with van der Waals surface area (Å²) in [6, 6.07) is 5.80. The van der Waals surface area contributed by atoms with Gasteiger partial charge < -0.3 is 0 Å². The molecule has 0 spiro atoms. The average Bonchev–Trinajstić information content (AvgIpc) is 2.15. The van der Waals surface area contributed by atoms with Gasteiger partial charge in [0.1, 0.15) is 0 Å². The molecule has 0 amide bonds. The van der Waals surface area contributed by atoms with Crippen molar-refractivity contribution < 1.29 is 8.42 Å². The van der Waals surface area contributed by atoms with Crippen molar-refractivity contribution in [2.75, 3.05) is 17.1 Å². The summed E-state index contributed by atoms with van der Waals surface area (Å²) in [6.07, 6.45) is 3.10. The highest BCUT2D eigenvalue weighted by molar-refractivity contribution is 9.10. The lowest BCUT2D eigenvalue weighted by molar-refractivity contribution is 0.592. The molecule has 0 aliphatic carbocycles. The number of fused-ring (bicyclic) bond motifs is 1. The molecule has 5 heteroatoms. The SMILES string of the molecule is CS(=O)(=O)N1CCCc2ccc(Br)cc21. The summed E-state index contributed by atoms with van der Waals surface area (Å²) < 4.78 is 25.5. The van der Waals surface area contributed by atoms with Crippen molar-refractivity contribution in [1.29, 1.82) is 0 Å². The summed E-state index contributed by atoms with van der Waals surface area (Å²) in [5, 5.41) is 0. The van der Waals surface area contributed by atoms with Crippen molar-refractivity contribution in [3.8, 4) is 0 Å². The Morgan fingerprint density at radius 3 is 2.80 bits per heavy atom. The fraction of sp³-hybridized carbons (Fsp3) is 0.400. The average molecular weight is 290 g/mol. The molecule has 0 unspecified atom stereocenters. The van der Waals surface area contributed by atoms with E-state index in [0.29, 0.717) is 6.54 Å². The van der Waals surface area contributed by atoms with E-state index in [1.165, 1.54) is 10.6 Å². The molecule has 0 saturated heterocycles. The van der Waals surface area contributed by atoms with Gasteiger partial charge in [0.15, 0.2) is 0 Å². The predicted octanol–water partition coefficient (Wildman–Crippen LogP) is 2.16. The molecule has 1 aliphatic rings. The van der Waals surface area contributed by atoms with Crippen LogP contribution in [0, 0.1) is 0 Å². The zero-order valence-electron chi connectivity index (χ0n) is 8.40. The fourth-order valence-electron chi connectivity index (χ4n) is 1.86. The molecule has 1 aliphatic heterocycles. The first-order valence-electron chi connectivity index (χ1n) is 4.74. The van der Waals surface area contributed by atoms with E-state index in [0.717, 1.165) is 28.6 Å². The van der Waals surface area contributed by atoms with E-state index in [9.17, 15) is 8.42 Å². The summed E-state index contributed by atoms with van der Waals surface area (Å²) in [6.45, 7) is 0.586. The second-order valence-electron chi connectivity index (χ2n) is 3.71. The third-order valence-corrected chi connectivity index (χ3v) is 4.20. The van der Waals surface area contributed by atoms with Crippen LogP contribution in [0.5, 0.6) is 0 Å². The Bertz CT molecular complexity index is 484. The van der Waals surface area contributed by atoms with Gasteiger partial charge in [-0.2, -0.15) is 0 Å². The minimum Gasteiger partial charge on any atom is -0.270 e. The predicted molar refractivity (Wildman–Crippen MR) is 64.7 cm³/mol. The number of aryl methyl sites for hydroxylation is 1. The Balaban J connectivity index is 2.55. The summed E-state index contributed by atoms with van der Waals surface area (Å²) >= 11 is 3.36. The molecule has 0 bridgehead atoms. The van der Waals surface area contributed by atoms with Crippen molar-refractivity contribution in [1.82, 2.24) is 0 Å². The molecule has 0 radical (unpaired) electrons. The van der Waals surface area contributed by atoms with Crippen molar-refractivity contribution in [3.05, 3.63) is 28.2 Å². The highest BCUT2D eigenvalue weighted by Gasteiger charge is 2.23. The standard InChI is InChI=1S/C10H12BrNO2S/c1-15(13,14)12-6-2-3-8-4-5-9(11)7-10(8)12/h4-5,7H,2-3,6H2,1H3. The minimum atomic E-state index is -3.14. The van der Waals surface area contributed by atoms with Gasteiger partial charge in [0, 0.05) is 11.0 Å². The Morgan fingerprint density at radius 2 is 2.13 bits per heavy atom. The van der Waals surface area contributed by atoms with Crippen LogP contribution in [0.15, 0.2) is 22.7 Å². The highest BCUT2D eigenvalue weighted by Crippen LogP contribution is 2.31. The number of halogens is 1. The molecule has 1 aromatic rings. The molecule has 0 atom stereocenters. The Labute approximate surface area is 98.3 Å². The van der Waals surface area contributed by atoms with E-state index < -0.39 is 10.0 Å². The summed E-state index contributed by atoms with van der Waals surface area (Å²) in [4.78, 5) is 0. The summed E-state index contributed by atoms with van der Waals surface area (Å²) in [5.41, 5.74) is 1.92. The van der Waals surface area contributed by atoms with Gasteiger partial charge in [-0.15, -0.1) is 0 Å². The van der Waals surface area contributed by atoms with Gasteiger partial charge in [-0.3, -0.25) is 4.31 Å². The Kier molecular flexibility index (Phi) is 2.77. The maximum absolute atomic E-state index is 11.6. The molecule has 0 saturated carbocycles. The van der Waals surface area contributed by atoms with Crippen molar-refractivity contribution in [2.45, 2.75) is 12.8 Å². The first-order chi connectivity index (χ1) is 6.98. The molecular formula is C10H12BrNO2S. The van der Waals surface area contributed by atoms with Crippen LogP contribution in [0.4, 0.5) is 5.69 Å². The largest absolute Gasteiger partial charge is 0.270 e. The van der Waals surface area contributed by atoms with Gasteiger partial charge >= 0.3 is 0 Å². The van der Waals surface area contributed by atoms with E-state index >= 15 is 0 Å². The number of benzene rings is 1. The normalized spacial score (nSPS) is 16.3. The lowest BCUT2D eigenvalue weighted by atomic mass is 10.0. The van der Waals surface area contributed by atoms with Gasteiger partial charge in [0.25, 0.3) is 0 Å². The number of anilines is 1. The minimum absolute atomic E-state index is 0.586. The van der Waals surface area contributed by atoms with E-state index in [2.05, 4.69) is 15.9 Å². The van der Waals surface area contributed by atoms with Gasteiger partial charge in [-0.25, -0.2) is 8.42 Å². The first kappa shape index (κ1) is 11.0. The maximum Gasteiger partial charge on any atom is 0.232 e. The topological polar surface area (TPSA) is 37.4 Å². The van der Waals surface area contributed by atoms with Crippen LogP contribution in [0.3, 0.4) is 0 Å². The molecule has 2 rings (SSSR count). The fourth-order valence-corrected chi connectivity index (χ4v) is 3.20. The molecular weight excluding hydrogens is 278 g/mol. The number of sulfonamides is 1. The molecule has 15 heavy (non-hydrogen) atoms. The van der Waals surface area contributed by atoms with E-state index in [-0.39, 0.29) is 0 Å². The first-order valence-corrected chi connectivity index (χ1v) is 7.39. The number of hydrogen-bond acceptors (Lipinski definition) is 2. The molecule has 0 aromatic heterocycles. The van der Waals surface area contributed by atoms with E-state index in [1.807, 2.05) is 18.2 Å². The number of nitrogens with zero attached hydrogens (tertiary/aromatic N) is 1. The Morgan fingerprint density at radius 1 is 1.40 bits per heavy atom. The second kappa shape index (κ2) is 3.79. The quantitative estimate of drug-likeness (QED) is 0.795. The Hall–Kier alpha value is -0.550. The van der Waals surface area contributed by atoms with Gasteiger partial charge in [-0.1, -0.05) is 22.0 Å². The smallest absolute Gasteiger partial charge is 0.232 e. The third kappa shape index (κ3) is 2.18. The maximum atomic E-state index is 11.6. The third-order valence-electron chi connectivity index (χ3n) is 2.52.